The molecule has 2 aromatic carbocycles. The molecular weight excluding hydrogens is 314 g/mol. The lowest BCUT2D eigenvalue weighted by molar-refractivity contribution is -0.112. The smallest absolute Gasteiger partial charge is 0.267 e. The standard InChI is InChI=1S/C17H15NO4S/c1-12-5-7-14(8-6-12)23(20,21)22-10-9-13-3-2-4-16-15(13)11-17(19)18-16/h2-8,11H,9-10H2,1H3. The van der Waals surface area contributed by atoms with Gasteiger partial charge in [0, 0.05) is 11.3 Å². The Morgan fingerprint density at radius 1 is 1.09 bits per heavy atom. The number of benzene rings is 2. The predicted molar refractivity (Wildman–Crippen MR) is 84.7 cm³/mol. The quantitative estimate of drug-likeness (QED) is 0.764. The van der Waals surface area contributed by atoms with E-state index < -0.39 is 10.1 Å². The van der Waals surface area contributed by atoms with Gasteiger partial charge in [0.05, 0.1) is 16.9 Å². The van der Waals surface area contributed by atoms with Crippen LogP contribution in [0.4, 0.5) is 0 Å². The Morgan fingerprint density at radius 3 is 2.57 bits per heavy atom. The normalized spacial score (nSPS) is 13.3. The van der Waals surface area contributed by atoms with Gasteiger partial charge in [0.1, 0.15) is 0 Å². The number of aryl methyl sites for hydroxylation is 1. The zero-order valence-corrected chi connectivity index (χ0v) is 13.3. The van der Waals surface area contributed by atoms with Crippen LogP contribution in [0.1, 0.15) is 11.1 Å². The molecule has 0 spiro atoms. The molecular formula is C17H15NO4S. The first-order valence-electron chi connectivity index (χ1n) is 7.14. The van der Waals surface area contributed by atoms with Crippen molar-refractivity contribution in [2.45, 2.75) is 18.2 Å². The monoisotopic (exact) mass is 329 g/mol. The van der Waals surface area contributed by atoms with Crippen LogP contribution in [-0.2, 0) is 25.5 Å². The summed E-state index contributed by atoms with van der Waals surface area (Å²) >= 11 is 0. The van der Waals surface area contributed by atoms with Gasteiger partial charge in [-0.25, -0.2) is 4.99 Å². The molecule has 118 valence electrons. The summed E-state index contributed by atoms with van der Waals surface area (Å²) in [6, 6.07) is 11.9. The van der Waals surface area contributed by atoms with Gasteiger partial charge in [0.25, 0.3) is 16.0 Å². The third-order valence-corrected chi connectivity index (χ3v) is 4.92. The molecule has 23 heavy (non-hydrogen) atoms. The van der Waals surface area contributed by atoms with E-state index in [1.807, 2.05) is 13.0 Å². The number of carbonyl (C=O) groups excluding carboxylic acids is 1. The second-order valence-corrected chi connectivity index (χ2v) is 6.90. The molecule has 0 unspecified atom stereocenters. The molecule has 1 aliphatic heterocycles. The van der Waals surface area contributed by atoms with Gasteiger partial charge in [-0.2, -0.15) is 8.42 Å². The summed E-state index contributed by atoms with van der Waals surface area (Å²) in [6.07, 6.45) is 1.84. The first-order valence-corrected chi connectivity index (χ1v) is 8.55. The Morgan fingerprint density at radius 2 is 1.83 bits per heavy atom. The van der Waals surface area contributed by atoms with Crippen molar-refractivity contribution in [2.24, 2.45) is 4.99 Å². The van der Waals surface area contributed by atoms with Crippen molar-refractivity contribution < 1.29 is 17.4 Å². The first-order chi connectivity index (χ1) is 11.0. The van der Waals surface area contributed by atoms with Crippen LogP contribution >= 0.6 is 0 Å². The number of hydrogen-bond donors (Lipinski definition) is 0. The average Bonchev–Trinajstić information content (AvgIpc) is 2.89. The molecule has 0 N–H and O–H groups in total. The van der Waals surface area contributed by atoms with Crippen molar-refractivity contribution in [3.05, 3.63) is 64.2 Å². The third kappa shape index (κ3) is 3.38. The van der Waals surface area contributed by atoms with E-state index in [1.165, 1.54) is 18.2 Å². The van der Waals surface area contributed by atoms with Gasteiger partial charge in [-0.3, -0.25) is 8.98 Å². The number of carbonyl (C=O) groups is 1. The van der Waals surface area contributed by atoms with Gasteiger partial charge in [0.15, 0.2) is 0 Å². The highest BCUT2D eigenvalue weighted by atomic mass is 32.2. The second-order valence-electron chi connectivity index (χ2n) is 5.28. The molecule has 5 nitrogen and oxygen atoms in total. The van der Waals surface area contributed by atoms with Gasteiger partial charge in [-0.05, 0) is 37.1 Å². The van der Waals surface area contributed by atoms with E-state index in [2.05, 4.69) is 4.99 Å². The fourth-order valence-electron chi connectivity index (χ4n) is 2.39. The molecule has 3 rings (SSSR count). The molecule has 1 heterocycles. The van der Waals surface area contributed by atoms with Crippen LogP contribution in [0.2, 0.25) is 0 Å². The molecule has 1 amide bonds. The number of amides is 1. The summed E-state index contributed by atoms with van der Waals surface area (Å²) in [4.78, 5) is 15.4. The molecule has 0 saturated carbocycles. The number of nitrogens with zero attached hydrogens (tertiary/aromatic N) is 1. The van der Waals surface area contributed by atoms with Crippen LogP contribution in [0, 0.1) is 6.92 Å². The molecule has 6 heteroatoms. The molecule has 0 fully saturated rings. The summed E-state index contributed by atoms with van der Waals surface area (Å²) < 4.78 is 29.3. The predicted octanol–water partition coefficient (Wildman–Crippen LogP) is 0.883. The Bertz CT molecular complexity index is 976. The van der Waals surface area contributed by atoms with Gasteiger partial charge >= 0.3 is 0 Å². The molecule has 0 saturated heterocycles. The van der Waals surface area contributed by atoms with Crippen LogP contribution in [0.15, 0.2) is 52.4 Å². The van der Waals surface area contributed by atoms with Crippen molar-refractivity contribution in [2.75, 3.05) is 6.61 Å². The molecule has 1 aliphatic rings. The summed E-state index contributed by atoms with van der Waals surface area (Å²) in [5.41, 5.74) is 1.82. The van der Waals surface area contributed by atoms with E-state index >= 15 is 0 Å². The van der Waals surface area contributed by atoms with Gasteiger partial charge in [0.2, 0.25) is 0 Å². The maximum Gasteiger partial charge on any atom is 0.296 e. The van der Waals surface area contributed by atoms with E-state index in [1.54, 1.807) is 24.3 Å². The minimum Gasteiger partial charge on any atom is -0.267 e. The van der Waals surface area contributed by atoms with Gasteiger partial charge in [-0.1, -0.05) is 29.8 Å². The zero-order valence-electron chi connectivity index (χ0n) is 12.5. The van der Waals surface area contributed by atoms with Crippen molar-refractivity contribution in [1.82, 2.24) is 0 Å². The SMILES string of the molecule is Cc1ccc(S(=O)(=O)OCCc2cccc3c2=CC(=O)N=3)cc1. The molecule has 0 atom stereocenters. The Balaban J connectivity index is 1.73. The van der Waals surface area contributed by atoms with Gasteiger partial charge < -0.3 is 0 Å². The summed E-state index contributed by atoms with van der Waals surface area (Å²) in [6.45, 7) is 1.89. The van der Waals surface area contributed by atoms with Crippen LogP contribution in [0.5, 0.6) is 0 Å². The fraction of sp³-hybridized carbons (Fsp3) is 0.176. The summed E-state index contributed by atoms with van der Waals surface area (Å²) in [7, 11) is -3.77. The maximum atomic E-state index is 12.1. The highest BCUT2D eigenvalue weighted by Crippen LogP contribution is 2.13. The van der Waals surface area contributed by atoms with Crippen LogP contribution in [-0.4, -0.2) is 20.9 Å². The summed E-state index contributed by atoms with van der Waals surface area (Å²) in [5.74, 6) is -0.291. The summed E-state index contributed by atoms with van der Waals surface area (Å²) in [5, 5.41) is 1.36. The largest absolute Gasteiger partial charge is 0.296 e. The topological polar surface area (TPSA) is 72.8 Å². The zero-order chi connectivity index (χ0) is 16.4. The van der Waals surface area contributed by atoms with E-state index in [9.17, 15) is 13.2 Å². The van der Waals surface area contributed by atoms with Crippen molar-refractivity contribution in [1.29, 1.82) is 0 Å². The van der Waals surface area contributed by atoms with E-state index in [0.717, 1.165) is 16.3 Å². The Labute approximate surface area is 134 Å². The van der Waals surface area contributed by atoms with Crippen LogP contribution < -0.4 is 10.6 Å². The number of hydrogen-bond acceptors (Lipinski definition) is 4. The van der Waals surface area contributed by atoms with Crippen LogP contribution in [0.25, 0.3) is 6.08 Å². The molecule has 0 radical (unpaired) electrons. The average molecular weight is 329 g/mol. The lowest BCUT2D eigenvalue weighted by Gasteiger charge is -2.06. The lowest BCUT2D eigenvalue weighted by Crippen LogP contribution is -2.26. The lowest BCUT2D eigenvalue weighted by atomic mass is 10.1. The molecule has 0 aromatic heterocycles. The minimum absolute atomic E-state index is 0.00862. The first kappa shape index (κ1) is 15.6. The maximum absolute atomic E-state index is 12.1. The molecule has 0 aliphatic carbocycles. The number of fused-ring (bicyclic) bond motifs is 1. The highest BCUT2D eigenvalue weighted by Gasteiger charge is 2.15. The number of rotatable bonds is 5. The van der Waals surface area contributed by atoms with E-state index in [0.29, 0.717) is 11.8 Å². The molecule has 0 bridgehead atoms. The Hall–Kier alpha value is -2.31. The van der Waals surface area contributed by atoms with Gasteiger partial charge in [-0.15, -0.1) is 0 Å². The van der Waals surface area contributed by atoms with Crippen LogP contribution in [0.3, 0.4) is 0 Å². The van der Waals surface area contributed by atoms with E-state index in [-0.39, 0.29) is 17.4 Å². The van der Waals surface area contributed by atoms with Crippen molar-refractivity contribution >= 4 is 22.1 Å². The fourth-order valence-corrected chi connectivity index (χ4v) is 3.30. The second kappa shape index (κ2) is 6.06. The van der Waals surface area contributed by atoms with Crippen molar-refractivity contribution in [3.8, 4) is 0 Å². The minimum atomic E-state index is -3.77. The van der Waals surface area contributed by atoms with Crippen molar-refractivity contribution in [3.63, 3.8) is 0 Å². The van der Waals surface area contributed by atoms with E-state index in [4.69, 9.17) is 4.18 Å². The highest BCUT2D eigenvalue weighted by molar-refractivity contribution is 7.86. The molecule has 2 aromatic rings. The third-order valence-electron chi connectivity index (χ3n) is 3.59. The Kier molecular flexibility index (Phi) is 4.11.